The molecule has 0 fully saturated rings. The molecule has 3 heterocycles. The number of fused-ring (bicyclic) bond motifs is 1. The number of aromatic nitrogens is 5. The lowest BCUT2D eigenvalue weighted by molar-refractivity contribution is -0.121. The third kappa shape index (κ3) is 3.04. The van der Waals surface area contributed by atoms with Gasteiger partial charge in [-0.3, -0.25) is 23.7 Å². The molecule has 0 aliphatic heterocycles. The SMILES string of the molecule is C/C(=N/NC(=O)Cn1cnc2c1c(=O)n(C)c(=O)n2C)c1cccnc1. The van der Waals surface area contributed by atoms with E-state index in [1.54, 1.807) is 25.4 Å². The highest BCUT2D eigenvalue weighted by molar-refractivity contribution is 5.98. The first-order chi connectivity index (χ1) is 12.4. The van der Waals surface area contributed by atoms with E-state index in [1.807, 2.05) is 6.07 Å². The highest BCUT2D eigenvalue weighted by atomic mass is 16.2. The molecule has 0 saturated carbocycles. The molecule has 3 rings (SSSR count). The first kappa shape index (κ1) is 17.3. The molecule has 26 heavy (non-hydrogen) atoms. The number of amides is 1. The summed E-state index contributed by atoms with van der Waals surface area (Å²) in [6, 6.07) is 3.60. The van der Waals surface area contributed by atoms with E-state index in [2.05, 4.69) is 20.5 Å². The van der Waals surface area contributed by atoms with E-state index in [4.69, 9.17) is 0 Å². The normalized spacial score (nSPS) is 11.7. The summed E-state index contributed by atoms with van der Waals surface area (Å²) in [6.45, 7) is 1.59. The Morgan fingerprint density at radius 3 is 2.73 bits per heavy atom. The molecule has 10 heteroatoms. The van der Waals surface area contributed by atoms with E-state index in [9.17, 15) is 14.4 Å². The predicted octanol–water partition coefficient (Wildman–Crippen LogP) is -0.631. The molecule has 0 unspecified atom stereocenters. The first-order valence-corrected chi connectivity index (χ1v) is 7.74. The van der Waals surface area contributed by atoms with Crippen molar-refractivity contribution in [3.8, 4) is 0 Å². The Hall–Kier alpha value is -3.56. The van der Waals surface area contributed by atoms with Crippen LogP contribution in [0.2, 0.25) is 0 Å². The van der Waals surface area contributed by atoms with Crippen LogP contribution in [0.5, 0.6) is 0 Å². The zero-order valence-corrected chi connectivity index (χ0v) is 14.5. The Kier molecular flexibility index (Phi) is 4.48. The number of hydrazone groups is 1. The van der Waals surface area contributed by atoms with Crippen LogP contribution in [0, 0.1) is 0 Å². The van der Waals surface area contributed by atoms with Crippen LogP contribution in [0.1, 0.15) is 12.5 Å². The third-order valence-electron chi connectivity index (χ3n) is 3.96. The fourth-order valence-electron chi connectivity index (χ4n) is 2.49. The molecular formula is C16H17N7O3. The number of carbonyl (C=O) groups is 1. The second kappa shape index (κ2) is 6.75. The van der Waals surface area contributed by atoms with Crippen molar-refractivity contribution in [2.45, 2.75) is 13.5 Å². The van der Waals surface area contributed by atoms with Crippen LogP contribution < -0.4 is 16.7 Å². The van der Waals surface area contributed by atoms with Gasteiger partial charge in [0, 0.05) is 32.1 Å². The van der Waals surface area contributed by atoms with E-state index in [0.717, 1.165) is 10.1 Å². The molecule has 0 atom stereocenters. The highest BCUT2D eigenvalue weighted by Gasteiger charge is 2.15. The van der Waals surface area contributed by atoms with Gasteiger partial charge in [0.25, 0.3) is 11.5 Å². The number of hydrogen-bond donors (Lipinski definition) is 1. The lowest BCUT2D eigenvalue weighted by Crippen LogP contribution is -2.38. The zero-order valence-electron chi connectivity index (χ0n) is 14.5. The van der Waals surface area contributed by atoms with Crippen LogP contribution in [0.15, 0.2) is 45.5 Å². The Morgan fingerprint density at radius 2 is 2.04 bits per heavy atom. The predicted molar refractivity (Wildman–Crippen MR) is 94.8 cm³/mol. The van der Waals surface area contributed by atoms with Gasteiger partial charge in [-0.15, -0.1) is 0 Å². The molecule has 1 amide bonds. The molecule has 0 radical (unpaired) electrons. The van der Waals surface area contributed by atoms with Crippen molar-refractivity contribution in [1.82, 2.24) is 29.1 Å². The monoisotopic (exact) mass is 355 g/mol. The van der Waals surface area contributed by atoms with Crippen LogP contribution in [-0.2, 0) is 25.4 Å². The lowest BCUT2D eigenvalue weighted by Gasteiger charge is -2.06. The minimum atomic E-state index is -0.511. The van der Waals surface area contributed by atoms with E-state index >= 15 is 0 Å². The summed E-state index contributed by atoms with van der Waals surface area (Å²) in [5.41, 5.74) is 3.23. The van der Waals surface area contributed by atoms with Crippen molar-refractivity contribution in [3.05, 3.63) is 57.3 Å². The first-order valence-electron chi connectivity index (χ1n) is 7.74. The molecular weight excluding hydrogens is 338 g/mol. The summed E-state index contributed by atoms with van der Waals surface area (Å²) in [4.78, 5) is 44.5. The van der Waals surface area contributed by atoms with Gasteiger partial charge in [-0.1, -0.05) is 6.07 Å². The minimum Gasteiger partial charge on any atom is -0.315 e. The van der Waals surface area contributed by atoms with Gasteiger partial charge in [0.2, 0.25) is 0 Å². The molecule has 0 aliphatic rings. The van der Waals surface area contributed by atoms with Crippen LogP contribution in [0.3, 0.4) is 0 Å². The molecule has 3 aromatic rings. The summed E-state index contributed by atoms with van der Waals surface area (Å²) in [6.07, 6.45) is 4.63. The van der Waals surface area contributed by atoms with Crippen molar-refractivity contribution in [2.24, 2.45) is 19.2 Å². The summed E-state index contributed by atoms with van der Waals surface area (Å²) in [7, 11) is 2.89. The van der Waals surface area contributed by atoms with Crippen LogP contribution in [0.25, 0.3) is 11.2 Å². The van der Waals surface area contributed by atoms with Gasteiger partial charge >= 0.3 is 5.69 Å². The van der Waals surface area contributed by atoms with E-state index in [0.29, 0.717) is 5.71 Å². The maximum Gasteiger partial charge on any atom is 0.332 e. The molecule has 134 valence electrons. The largest absolute Gasteiger partial charge is 0.332 e. The van der Waals surface area contributed by atoms with Crippen LogP contribution >= 0.6 is 0 Å². The zero-order chi connectivity index (χ0) is 18.8. The lowest BCUT2D eigenvalue weighted by atomic mass is 10.2. The van der Waals surface area contributed by atoms with Gasteiger partial charge < -0.3 is 4.57 Å². The van der Waals surface area contributed by atoms with E-state index in [-0.39, 0.29) is 17.7 Å². The van der Waals surface area contributed by atoms with E-state index in [1.165, 1.54) is 29.6 Å². The maximum atomic E-state index is 12.3. The Balaban J connectivity index is 1.85. The fourth-order valence-corrected chi connectivity index (χ4v) is 2.49. The Bertz CT molecular complexity index is 1120. The number of hydrogen-bond acceptors (Lipinski definition) is 6. The Labute approximate surface area is 147 Å². The van der Waals surface area contributed by atoms with Crippen molar-refractivity contribution < 1.29 is 4.79 Å². The van der Waals surface area contributed by atoms with Gasteiger partial charge in [0.15, 0.2) is 11.2 Å². The molecule has 0 aliphatic carbocycles. The number of pyridine rings is 1. The van der Waals surface area contributed by atoms with Gasteiger partial charge in [-0.05, 0) is 13.0 Å². The summed E-state index contributed by atoms with van der Waals surface area (Å²) in [5.74, 6) is -0.427. The van der Waals surface area contributed by atoms with Gasteiger partial charge in [-0.2, -0.15) is 5.10 Å². The number of rotatable bonds is 4. The summed E-state index contributed by atoms with van der Waals surface area (Å²) in [5, 5.41) is 4.03. The number of nitrogens with zero attached hydrogens (tertiary/aromatic N) is 6. The minimum absolute atomic E-state index is 0.159. The van der Waals surface area contributed by atoms with Crippen molar-refractivity contribution in [2.75, 3.05) is 0 Å². The maximum absolute atomic E-state index is 12.3. The number of aryl methyl sites for hydroxylation is 1. The Morgan fingerprint density at radius 1 is 1.27 bits per heavy atom. The fraction of sp³-hybridized carbons (Fsp3) is 0.250. The van der Waals surface area contributed by atoms with Crippen LogP contribution in [-0.4, -0.2) is 35.3 Å². The second-order valence-electron chi connectivity index (χ2n) is 5.72. The topological polar surface area (TPSA) is 116 Å². The van der Waals surface area contributed by atoms with Gasteiger partial charge in [0.1, 0.15) is 6.54 Å². The number of nitrogens with one attached hydrogen (secondary N) is 1. The highest BCUT2D eigenvalue weighted by Crippen LogP contribution is 2.05. The molecule has 10 nitrogen and oxygen atoms in total. The van der Waals surface area contributed by atoms with Crippen molar-refractivity contribution >= 4 is 22.8 Å². The van der Waals surface area contributed by atoms with Crippen molar-refractivity contribution in [1.29, 1.82) is 0 Å². The molecule has 0 aromatic carbocycles. The number of imidazole rings is 1. The van der Waals surface area contributed by atoms with Gasteiger partial charge in [-0.25, -0.2) is 15.2 Å². The average Bonchev–Trinajstić information content (AvgIpc) is 3.07. The molecule has 0 bridgehead atoms. The van der Waals surface area contributed by atoms with Gasteiger partial charge in [0.05, 0.1) is 12.0 Å². The summed E-state index contributed by atoms with van der Waals surface area (Å²) >= 11 is 0. The molecule has 0 saturated heterocycles. The smallest absolute Gasteiger partial charge is 0.315 e. The average molecular weight is 355 g/mol. The summed E-state index contributed by atoms with van der Waals surface area (Å²) < 4.78 is 3.63. The molecule has 1 N–H and O–H groups in total. The van der Waals surface area contributed by atoms with Crippen molar-refractivity contribution in [3.63, 3.8) is 0 Å². The van der Waals surface area contributed by atoms with Crippen LogP contribution in [0.4, 0.5) is 0 Å². The second-order valence-corrected chi connectivity index (χ2v) is 5.72. The third-order valence-corrected chi connectivity index (χ3v) is 3.96. The van der Waals surface area contributed by atoms with E-state index < -0.39 is 17.2 Å². The quantitative estimate of drug-likeness (QED) is 0.494. The standard InChI is InChI=1S/C16H17N7O3/c1-10(11-5-4-6-17-7-11)19-20-12(24)8-23-9-18-14-13(23)15(25)22(3)16(26)21(14)2/h4-7,9H,8H2,1-3H3,(H,20,24)/b19-10-. The molecule has 3 aromatic heterocycles. The number of carbonyl (C=O) groups excluding carboxylic acids is 1. The molecule has 0 spiro atoms.